The van der Waals surface area contributed by atoms with E-state index in [4.69, 9.17) is 0 Å². The fourth-order valence-corrected chi connectivity index (χ4v) is 3.26. The third-order valence-corrected chi connectivity index (χ3v) is 4.24. The fraction of sp³-hybridized carbons (Fsp3) is 0.200. The minimum atomic E-state index is 0.436. The molecule has 0 aliphatic heterocycles. The van der Waals surface area contributed by atoms with E-state index in [1.54, 1.807) is 0 Å². The van der Waals surface area contributed by atoms with Gasteiger partial charge in [0.25, 0.3) is 0 Å². The maximum absolute atomic E-state index is 2.36. The summed E-state index contributed by atoms with van der Waals surface area (Å²) in [6.07, 6.45) is 10.1. The molecule has 0 radical (unpaired) electrons. The number of rotatable bonds is 3. The van der Waals surface area contributed by atoms with Gasteiger partial charge in [-0.05, 0) is 26.1 Å². The molecule has 3 rings (SSSR count). The minimum absolute atomic E-state index is 0.436. The van der Waals surface area contributed by atoms with Crippen molar-refractivity contribution in [1.82, 2.24) is 0 Å². The first kappa shape index (κ1) is 13.9. The van der Waals surface area contributed by atoms with Crippen LogP contribution in [0, 0.1) is 13.8 Å². The smallest absolute Gasteiger partial charge is 0.0876 e. The summed E-state index contributed by atoms with van der Waals surface area (Å²) in [7, 11) is 0. The maximum Gasteiger partial charge on any atom is 0.216 e. The van der Waals surface area contributed by atoms with Gasteiger partial charge in [-0.2, -0.15) is 0 Å². The monoisotopic (exact) mass is 272 g/mol. The number of hydrogen-bond acceptors (Lipinski definition) is 0. The van der Waals surface area contributed by atoms with E-state index in [9.17, 15) is 0 Å². The third kappa shape index (κ3) is 3.18. The molecule has 0 heterocycles. The molecule has 0 aromatic heterocycles. The Morgan fingerprint density at radius 3 is 1.95 bits per heavy atom. The molecule has 21 heavy (non-hydrogen) atoms. The highest BCUT2D eigenvalue weighted by Gasteiger charge is 2.27. The number of benzene rings is 2. The minimum Gasteiger partial charge on any atom is -0.0876 e. The maximum atomic E-state index is 2.36. The van der Waals surface area contributed by atoms with Gasteiger partial charge in [0.05, 0.1) is 0 Å². The second-order valence-electron chi connectivity index (χ2n) is 6.02. The summed E-state index contributed by atoms with van der Waals surface area (Å²) >= 11 is 0. The Kier molecular flexibility index (Phi) is 4.10. The standard InChI is InChI=1S/C20H21B/c1-16-8-6-12-19(14-16)21(18-10-4-3-5-11-18)20-13-7-9-17(2)15-20/h3-10,12-15,18H,11H2,1-2H3. The summed E-state index contributed by atoms with van der Waals surface area (Å²) in [4.78, 5) is 0. The van der Waals surface area contributed by atoms with Crippen LogP contribution in [0.4, 0.5) is 0 Å². The van der Waals surface area contributed by atoms with E-state index in [2.05, 4.69) is 86.7 Å². The zero-order valence-corrected chi connectivity index (χ0v) is 12.8. The summed E-state index contributed by atoms with van der Waals surface area (Å²) < 4.78 is 0. The predicted octanol–water partition coefficient (Wildman–Crippen LogP) is 3.80. The average molecular weight is 272 g/mol. The van der Waals surface area contributed by atoms with Gasteiger partial charge in [0.2, 0.25) is 6.71 Å². The summed E-state index contributed by atoms with van der Waals surface area (Å²) in [6, 6.07) is 17.9. The largest absolute Gasteiger partial charge is 0.216 e. The molecule has 0 N–H and O–H groups in total. The molecule has 0 saturated heterocycles. The Bertz CT molecular complexity index is 636. The highest BCUT2D eigenvalue weighted by atomic mass is 14.1. The Balaban J connectivity index is 2.06. The lowest BCUT2D eigenvalue weighted by atomic mass is 9.32. The molecular weight excluding hydrogens is 251 g/mol. The van der Waals surface area contributed by atoms with Crippen LogP contribution < -0.4 is 10.9 Å². The third-order valence-electron chi connectivity index (χ3n) is 4.24. The van der Waals surface area contributed by atoms with E-state index < -0.39 is 0 Å². The van der Waals surface area contributed by atoms with Crippen molar-refractivity contribution in [1.29, 1.82) is 0 Å². The van der Waals surface area contributed by atoms with Crippen LogP contribution in [-0.4, -0.2) is 6.71 Å². The van der Waals surface area contributed by atoms with E-state index in [-0.39, 0.29) is 0 Å². The van der Waals surface area contributed by atoms with Gasteiger partial charge in [0.1, 0.15) is 0 Å². The first-order valence-electron chi connectivity index (χ1n) is 7.70. The van der Waals surface area contributed by atoms with Crippen LogP contribution in [0.1, 0.15) is 17.5 Å². The molecule has 0 saturated carbocycles. The van der Waals surface area contributed by atoms with Gasteiger partial charge in [0, 0.05) is 0 Å². The fourth-order valence-electron chi connectivity index (χ4n) is 3.26. The van der Waals surface area contributed by atoms with Gasteiger partial charge in [-0.15, -0.1) is 0 Å². The molecule has 0 amide bonds. The van der Waals surface area contributed by atoms with Crippen LogP contribution in [-0.2, 0) is 0 Å². The number of aryl methyl sites for hydroxylation is 2. The Hall–Kier alpha value is -2.02. The van der Waals surface area contributed by atoms with Crippen LogP contribution in [0.15, 0.2) is 72.8 Å². The SMILES string of the molecule is Cc1cccc(B(c2cccc(C)c2)C2C=CC=CC2)c1. The number of hydrogen-bond donors (Lipinski definition) is 0. The zero-order valence-electron chi connectivity index (χ0n) is 12.8. The lowest BCUT2D eigenvalue weighted by Crippen LogP contribution is -2.45. The van der Waals surface area contributed by atoms with Gasteiger partial charge >= 0.3 is 0 Å². The molecule has 0 spiro atoms. The Labute approximate surface area is 128 Å². The topological polar surface area (TPSA) is 0 Å². The average Bonchev–Trinajstić information content (AvgIpc) is 2.49. The van der Waals surface area contributed by atoms with Crippen molar-refractivity contribution in [2.45, 2.75) is 26.1 Å². The van der Waals surface area contributed by atoms with E-state index in [1.807, 2.05) is 0 Å². The van der Waals surface area contributed by atoms with E-state index in [0.717, 1.165) is 6.42 Å². The quantitative estimate of drug-likeness (QED) is 0.745. The molecule has 1 heteroatoms. The molecule has 0 nitrogen and oxygen atoms in total. The molecular formula is C20H21B. The molecule has 0 bridgehead atoms. The molecule has 2 aromatic rings. The van der Waals surface area contributed by atoms with E-state index >= 15 is 0 Å². The highest BCUT2D eigenvalue weighted by molar-refractivity contribution is 6.86. The van der Waals surface area contributed by atoms with Crippen LogP contribution in [0.5, 0.6) is 0 Å². The molecule has 1 atom stereocenters. The zero-order chi connectivity index (χ0) is 14.7. The Morgan fingerprint density at radius 2 is 1.48 bits per heavy atom. The highest BCUT2D eigenvalue weighted by Crippen LogP contribution is 2.22. The summed E-state index contributed by atoms with van der Waals surface area (Å²) in [5.74, 6) is 0.540. The molecule has 104 valence electrons. The van der Waals surface area contributed by atoms with E-state index in [1.165, 1.54) is 22.1 Å². The Morgan fingerprint density at radius 1 is 0.857 bits per heavy atom. The molecule has 2 aromatic carbocycles. The molecule has 1 aliphatic rings. The van der Waals surface area contributed by atoms with Crippen molar-refractivity contribution in [2.75, 3.05) is 0 Å². The van der Waals surface area contributed by atoms with Crippen molar-refractivity contribution in [3.05, 3.63) is 84.0 Å². The number of allylic oxidation sites excluding steroid dienone is 4. The van der Waals surface area contributed by atoms with Crippen molar-refractivity contribution < 1.29 is 0 Å². The van der Waals surface area contributed by atoms with Gasteiger partial charge in [-0.1, -0.05) is 94.9 Å². The van der Waals surface area contributed by atoms with Gasteiger partial charge < -0.3 is 0 Å². The lowest BCUT2D eigenvalue weighted by molar-refractivity contribution is 1.01. The lowest BCUT2D eigenvalue weighted by Gasteiger charge is -2.24. The predicted molar refractivity (Wildman–Crippen MR) is 94.0 cm³/mol. The van der Waals surface area contributed by atoms with Gasteiger partial charge in [0.15, 0.2) is 0 Å². The molecule has 1 unspecified atom stereocenters. The second kappa shape index (κ2) is 6.18. The first-order valence-corrected chi connectivity index (χ1v) is 7.70. The van der Waals surface area contributed by atoms with Crippen molar-refractivity contribution >= 4 is 17.6 Å². The van der Waals surface area contributed by atoms with Gasteiger partial charge in [-0.3, -0.25) is 0 Å². The summed E-state index contributed by atoms with van der Waals surface area (Å²) in [5, 5.41) is 0. The second-order valence-corrected chi connectivity index (χ2v) is 6.02. The van der Waals surface area contributed by atoms with Crippen molar-refractivity contribution in [3.63, 3.8) is 0 Å². The molecule has 0 fully saturated rings. The first-order chi connectivity index (χ1) is 10.2. The molecule has 1 aliphatic carbocycles. The summed E-state index contributed by atoms with van der Waals surface area (Å²) in [6.45, 7) is 4.78. The van der Waals surface area contributed by atoms with E-state index in [0.29, 0.717) is 12.5 Å². The van der Waals surface area contributed by atoms with Crippen LogP contribution >= 0.6 is 0 Å². The summed E-state index contributed by atoms with van der Waals surface area (Å²) in [5.41, 5.74) is 5.51. The van der Waals surface area contributed by atoms with Crippen molar-refractivity contribution in [3.8, 4) is 0 Å². The van der Waals surface area contributed by atoms with Crippen LogP contribution in [0.3, 0.4) is 0 Å². The van der Waals surface area contributed by atoms with Crippen LogP contribution in [0.25, 0.3) is 0 Å². The van der Waals surface area contributed by atoms with Crippen LogP contribution in [0.2, 0.25) is 5.82 Å². The van der Waals surface area contributed by atoms with Gasteiger partial charge in [-0.25, -0.2) is 0 Å². The normalized spacial score (nSPS) is 17.0. The van der Waals surface area contributed by atoms with Crippen molar-refractivity contribution in [2.24, 2.45) is 0 Å².